The molecule has 1 aliphatic rings. The van der Waals surface area contributed by atoms with Crippen LogP contribution in [0.3, 0.4) is 0 Å². The lowest BCUT2D eigenvalue weighted by molar-refractivity contribution is -0.132. The molecule has 6 nitrogen and oxygen atoms in total. The zero-order chi connectivity index (χ0) is 21.9. The van der Waals surface area contributed by atoms with Crippen molar-refractivity contribution >= 4 is 46.1 Å². The van der Waals surface area contributed by atoms with Crippen molar-refractivity contribution in [1.29, 1.82) is 0 Å². The van der Waals surface area contributed by atoms with Gasteiger partial charge in [0.2, 0.25) is 0 Å². The average molecular weight is 443 g/mol. The van der Waals surface area contributed by atoms with E-state index >= 15 is 0 Å². The number of para-hydroxylation sites is 1. The number of thiocarbonyl (C=S) groups is 1. The first kappa shape index (κ1) is 22.0. The Labute approximate surface area is 185 Å². The van der Waals surface area contributed by atoms with Gasteiger partial charge in [0.25, 0.3) is 11.8 Å². The third kappa shape index (κ3) is 4.88. The third-order valence-electron chi connectivity index (χ3n) is 4.62. The molecular weight excluding hydrogens is 420 g/mol. The molecule has 2 aromatic carbocycles. The summed E-state index contributed by atoms with van der Waals surface area (Å²) in [5.74, 6) is -1.15. The number of hydrogen-bond donors (Lipinski definition) is 1. The fraction of sp³-hybridized carbons (Fsp3) is 0.273. The lowest BCUT2D eigenvalue weighted by atomic mass is 10.00. The highest BCUT2D eigenvalue weighted by molar-refractivity contribution is 8.24. The monoisotopic (exact) mass is 442 g/mol. The molecule has 1 N–H and O–H groups in total. The molecule has 1 heterocycles. The number of amides is 2. The van der Waals surface area contributed by atoms with Gasteiger partial charge in [-0.3, -0.25) is 19.3 Å². The number of thioether (sulfide) groups is 1. The second kappa shape index (κ2) is 8.97. The van der Waals surface area contributed by atoms with E-state index in [0.29, 0.717) is 10.9 Å². The Morgan fingerprint density at radius 1 is 1.13 bits per heavy atom. The van der Waals surface area contributed by atoms with Crippen molar-refractivity contribution in [2.45, 2.75) is 38.1 Å². The Bertz CT molecular complexity index is 992. The number of nitrogens with one attached hydrogen (secondary N) is 1. The number of carbonyl (C=O) groups is 3. The standard InChI is InChI=1S/C22H22N2O4S2/c1-14(25)28-17-12-8-7-11-16(17)19(26)23-18-20(27)24(21(29)30-22(18,2)3)13-15-9-5-4-6-10-15/h4-12,18H,13H2,1-3H3,(H,23,26). The van der Waals surface area contributed by atoms with Crippen molar-refractivity contribution in [3.05, 3.63) is 65.7 Å². The normalized spacial score (nSPS) is 18.1. The molecule has 3 rings (SSSR count). The van der Waals surface area contributed by atoms with E-state index in [1.807, 2.05) is 44.2 Å². The van der Waals surface area contributed by atoms with Gasteiger partial charge >= 0.3 is 5.97 Å². The number of benzene rings is 2. The van der Waals surface area contributed by atoms with Crippen LogP contribution in [-0.4, -0.2) is 37.8 Å². The second-order valence-electron chi connectivity index (χ2n) is 7.38. The number of rotatable bonds is 5. The molecule has 1 fully saturated rings. The maximum atomic E-state index is 13.3. The van der Waals surface area contributed by atoms with Gasteiger partial charge in [0.05, 0.1) is 12.1 Å². The van der Waals surface area contributed by atoms with E-state index in [1.165, 1.54) is 29.7 Å². The quantitative estimate of drug-likeness (QED) is 0.434. The first-order valence-electron chi connectivity index (χ1n) is 9.35. The Kier molecular flexibility index (Phi) is 6.58. The molecule has 0 radical (unpaired) electrons. The van der Waals surface area contributed by atoms with Crippen molar-refractivity contribution in [1.82, 2.24) is 10.2 Å². The van der Waals surface area contributed by atoms with E-state index in [9.17, 15) is 14.4 Å². The largest absolute Gasteiger partial charge is 0.426 e. The van der Waals surface area contributed by atoms with Gasteiger partial charge in [-0.15, -0.1) is 0 Å². The fourth-order valence-corrected chi connectivity index (χ4v) is 4.92. The number of carbonyl (C=O) groups excluding carboxylic acids is 3. The van der Waals surface area contributed by atoms with Crippen molar-refractivity contribution in [3.63, 3.8) is 0 Å². The van der Waals surface area contributed by atoms with Gasteiger partial charge in [-0.2, -0.15) is 0 Å². The van der Waals surface area contributed by atoms with E-state index in [2.05, 4.69) is 5.32 Å². The fourth-order valence-electron chi connectivity index (χ4n) is 3.13. The van der Waals surface area contributed by atoms with Crippen LogP contribution in [0.15, 0.2) is 54.6 Å². The molecule has 1 atom stereocenters. The Morgan fingerprint density at radius 2 is 1.77 bits per heavy atom. The van der Waals surface area contributed by atoms with Crippen LogP contribution >= 0.6 is 24.0 Å². The van der Waals surface area contributed by atoms with Crippen LogP contribution in [-0.2, 0) is 16.1 Å². The number of hydrogen-bond acceptors (Lipinski definition) is 6. The van der Waals surface area contributed by atoms with Crippen LogP contribution < -0.4 is 10.1 Å². The van der Waals surface area contributed by atoms with Crippen LogP contribution in [0.5, 0.6) is 5.75 Å². The molecule has 0 bridgehead atoms. The van der Waals surface area contributed by atoms with Gasteiger partial charge in [-0.05, 0) is 31.5 Å². The second-order valence-corrected chi connectivity index (χ2v) is 9.67. The van der Waals surface area contributed by atoms with E-state index in [1.54, 1.807) is 18.2 Å². The molecule has 0 aromatic heterocycles. The molecule has 156 valence electrons. The average Bonchev–Trinajstić information content (AvgIpc) is 2.69. The highest BCUT2D eigenvalue weighted by Crippen LogP contribution is 2.37. The van der Waals surface area contributed by atoms with E-state index in [0.717, 1.165) is 5.56 Å². The molecule has 1 saturated heterocycles. The summed E-state index contributed by atoms with van der Waals surface area (Å²) >= 11 is 6.85. The molecule has 2 amide bonds. The molecule has 0 spiro atoms. The van der Waals surface area contributed by atoms with Crippen LogP contribution in [0.25, 0.3) is 0 Å². The molecular formula is C22H22N2O4S2. The summed E-state index contributed by atoms with van der Waals surface area (Å²) in [5, 5.41) is 2.82. The van der Waals surface area contributed by atoms with Crippen molar-refractivity contribution < 1.29 is 19.1 Å². The minimum atomic E-state index is -0.809. The zero-order valence-corrected chi connectivity index (χ0v) is 18.5. The molecule has 0 aliphatic carbocycles. The lowest BCUT2D eigenvalue weighted by Crippen LogP contribution is -2.62. The van der Waals surface area contributed by atoms with Gasteiger partial charge < -0.3 is 10.1 Å². The van der Waals surface area contributed by atoms with Crippen LogP contribution in [0.2, 0.25) is 0 Å². The first-order valence-corrected chi connectivity index (χ1v) is 10.6. The molecule has 1 unspecified atom stereocenters. The minimum absolute atomic E-state index is 0.146. The van der Waals surface area contributed by atoms with E-state index in [4.69, 9.17) is 17.0 Å². The number of esters is 1. The molecule has 0 saturated carbocycles. The van der Waals surface area contributed by atoms with Gasteiger partial charge in [-0.1, -0.05) is 66.4 Å². The molecule has 1 aliphatic heterocycles. The SMILES string of the molecule is CC(=O)Oc1ccccc1C(=O)NC1C(=O)N(Cc2ccccc2)C(=S)SC1(C)C. The predicted molar refractivity (Wildman–Crippen MR) is 120 cm³/mol. The number of ether oxygens (including phenoxy) is 1. The van der Waals surface area contributed by atoms with E-state index in [-0.39, 0.29) is 17.2 Å². The minimum Gasteiger partial charge on any atom is -0.426 e. The number of nitrogens with zero attached hydrogens (tertiary/aromatic N) is 1. The van der Waals surface area contributed by atoms with Crippen LogP contribution in [0.4, 0.5) is 0 Å². The van der Waals surface area contributed by atoms with Crippen LogP contribution in [0, 0.1) is 0 Å². The summed E-state index contributed by atoms with van der Waals surface area (Å²) in [6.07, 6.45) is 0. The van der Waals surface area contributed by atoms with E-state index < -0.39 is 22.7 Å². The third-order valence-corrected chi connectivity index (χ3v) is 6.25. The zero-order valence-electron chi connectivity index (χ0n) is 16.9. The summed E-state index contributed by atoms with van der Waals surface area (Å²) in [6.45, 7) is 5.33. The summed E-state index contributed by atoms with van der Waals surface area (Å²) < 4.78 is 4.96. The maximum Gasteiger partial charge on any atom is 0.308 e. The Balaban J connectivity index is 1.85. The maximum absolute atomic E-state index is 13.3. The Morgan fingerprint density at radius 3 is 2.43 bits per heavy atom. The van der Waals surface area contributed by atoms with Gasteiger partial charge in [-0.25, -0.2) is 0 Å². The highest BCUT2D eigenvalue weighted by Gasteiger charge is 2.46. The highest BCUT2D eigenvalue weighted by atomic mass is 32.2. The summed E-state index contributed by atoms with van der Waals surface area (Å²) in [5.41, 5.74) is 1.13. The van der Waals surface area contributed by atoms with Gasteiger partial charge in [0.1, 0.15) is 16.1 Å². The smallest absolute Gasteiger partial charge is 0.308 e. The molecule has 8 heteroatoms. The van der Waals surface area contributed by atoms with Gasteiger partial charge in [0.15, 0.2) is 0 Å². The summed E-state index contributed by atoms with van der Waals surface area (Å²) in [7, 11) is 0. The summed E-state index contributed by atoms with van der Waals surface area (Å²) in [4.78, 5) is 39.2. The van der Waals surface area contributed by atoms with Gasteiger partial charge in [0, 0.05) is 11.7 Å². The van der Waals surface area contributed by atoms with Crippen molar-refractivity contribution in [2.24, 2.45) is 0 Å². The molecule has 2 aromatic rings. The van der Waals surface area contributed by atoms with Crippen molar-refractivity contribution in [3.8, 4) is 5.75 Å². The Hall–Kier alpha value is -2.71. The molecule has 30 heavy (non-hydrogen) atoms. The predicted octanol–water partition coefficient (Wildman–Crippen LogP) is 3.55. The first-order chi connectivity index (χ1) is 14.2. The van der Waals surface area contributed by atoms with Crippen molar-refractivity contribution in [2.75, 3.05) is 0 Å². The topological polar surface area (TPSA) is 75.7 Å². The van der Waals surface area contributed by atoms with Crippen LogP contribution in [0.1, 0.15) is 36.7 Å². The lowest BCUT2D eigenvalue weighted by Gasteiger charge is -2.42. The summed E-state index contributed by atoms with van der Waals surface area (Å²) in [6, 6.07) is 15.2.